The Balaban J connectivity index is 1.69. The number of anilines is 1. The van der Waals surface area contributed by atoms with Crippen molar-refractivity contribution in [1.82, 2.24) is 20.0 Å². The second kappa shape index (κ2) is 8.51. The number of hydrogen-bond donors (Lipinski definition) is 0. The molecule has 1 saturated heterocycles. The molecule has 29 heavy (non-hydrogen) atoms. The van der Waals surface area contributed by atoms with Crippen molar-refractivity contribution in [2.75, 3.05) is 25.5 Å². The lowest BCUT2D eigenvalue weighted by molar-refractivity contribution is -0.136. The van der Waals surface area contributed by atoms with E-state index in [9.17, 15) is 4.79 Å². The summed E-state index contributed by atoms with van der Waals surface area (Å²) in [5.74, 6) is 2.13. The first-order chi connectivity index (χ1) is 14.0. The summed E-state index contributed by atoms with van der Waals surface area (Å²) in [6.45, 7) is 2.70. The summed E-state index contributed by atoms with van der Waals surface area (Å²) in [6, 6.07) is 1.87. The zero-order valence-electron chi connectivity index (χ0n) is 17.7. The highest BCUT2D eigenvalue weighted by Crippen LogP contribution is 2.38. The minimum Gasteiger partial charge on any atom is -0.356 e. The van der Waals surface area contributed by atoms with Crippen LogP contribution in [-0.2, 0) is 4.79 Å². The summed E-state index contributed by atoms with van der Waals surface area (Å²) in [6.07, 6.45) is 10.4. The Morgan fingerprint density at radius 1 is 1.21 bits per heavy atom. The van der Waals surface area contributed by atoms with Crippen molar-refractivity contribution in [3.05, 3.63) is 23.7 Å². The SMILES string of the molecule is Cc1cc(-c2cnc(N(C)C)nc2[C@H]2CCCCN2C(=O)CC2CCCC2)on1. The summed E-state index contributed by atoms with van der Waals surface area (Å²) in [7, 11) is 3.86. The van der Waals surface area contributed by atoms with Gasteiger partial charge in [0, 0.05) is 39.3 Å². The molecule has 0 spiro atoms. The topological polar surface area (TPSA) is 75.4 Å². The van der Waals surface area contributed by atoms with Gasteiger partial charge < -0.3 is 14.3 Å². The molecule has 1 aliphatic heterocycles. The quantitative estimate of drug-likeness (QED) is 0.755. The molecule has 0 bridgehead atoms. The van der Waals surface area contributed by atoms with Gasteiger partial charge in [-0.2, -0.15) is 0 Å². The van der Waals surface area contributed by atoms with E-state index < -0.39 is 0 Å². The molecular formula is C22H31N5O2. The lowest BCUT2D eigenvalue weighted by atomic mass is 9.94. The maximum Gasteiger partial charge on any atom is 0.225 e. The molecule has 0 N–H and O–H groups in total. The molecule has 2 aromatic heterocycles. The van der Waals surface area contributed by atoms with Crippen molar-refractivity contribution >= 4 is 11.9 Å². The predicted octanol–water partition coefficient (Wildman–Crippen LogP) is 4.14. The van der Waals surface area contributed by atoms with E-state index in [4.69, 9.17) is 9.51 Å². The second-order valence-corrected chi connectivity index (χ2v) is 8.65. The van der Waals surface area contributed by atoms with Crippen LogP contribution in [0.2, 0.25) is 0 Å². The summed E-state index contributed by atoms with van der Waals surface area (Å²) < 4.78 is 5.54. The smallest absolute Gasteiger partial charge is 0.225 e. The van der Waals surface area contributed by atoms with Crippen LogP contribution in [0.25, 0.3) is 11.3 Å². The number of aromatic nitrogens is 3. The third-order valence-corrected chi connectivity index (χ3v) is 6.18. The van der Waals surface area contributed by atoms with Gasteiger partial charge in [0.05, 0.1) is 23.0 Å². The third-order valence-electron chi connectivity index (χ3n) is 6.18. The molecule has 0 unspecified atom stereocenters. The molecule has 0 aromatic carbocycles. The van der Waals surface area contributed by atoms with Crippen molar-refractivity contribution in [1.29, 1.82) is 0 Å². The number of rotatable bonds is 5. The van der Waals surface area contributed by atoms with Crippen molar-refractivity contribution < 1.29 is 9.32 Å². The van der Waals surface area contributed by atoms with Gasteiger partial charge >= 0.3 is 0 Å². The zero-order valence-corrected chi connectivity index (χ0v) is 17.7. The third kappa shape index (κ3) is 4.28. The minimum atomic E-state index is -0.0419. The molecule has 1 aliphatic carbocycles. The first-order valence-electron chi connectivity index (χ1n) is 10.8. The van der Waals surface area contributed by atoms with Gasteiger partial charge in [-0.15, -0.1) is 0 Å². The van der Waals surface area contributed by atoms with Crippen LogP contribution in [0.5, 0.6) is 0 Å². The first-order valence-corrected chi connectivity index (χ1v) is 10.8. The first kappa shape index (κ1) is 19.9. The van der Waals surface area contributed by atoms with Gasteiger partial charge in [0.2, 0.25) is 11.9 Å². The van der Waals surface area contributed by atoms with Crippen LogP contribution in [0.15, 0.2) is 16.8 Å². The van der Waals surface area contributed by atoms with Gasteiger partial charge in [0.1, 0.15) is 0 Å². The Hall–Kier alpha value is -2.44. The monoisotopic (exact) mass is 397 g/mol. The van der Waals surface area contributed by atoms with Crippen LogP contribution in [0, 0.1) is 12.8 Å². The highest BCUT2D eigenvalue weighted by atomic mass is 16.5. The molecule has 2 aliphatic rings. The number of aryl methyl sites for hydroxylation is 1. The Labute approximate surface area is 172 Å². The molecule has 1 amide bonds. The lowest BCUT2D eigenvalue weighted by Gasteiger charge is -2.37. The van der Waals surface area contributed by atoms with E-state index in [0.717, 1.165) is 42.8 Å². The average molecular weight is 398 g/mol. The highest BCUT2D eigenvalue weighted by Gasteiger charge is 2.33. The van der Waals surface area contributed by atoms with Crippen LogP contribution in [0.3, 0.4) is 0 Å². The fourth-order valence-electron chi connectivity index (χ4n) is 4.63. The summed E-state index contributed by atoms with van der Waals surface area (Å²) in [5.41, 5.74) is 2.53. The van der Waals surface area contributed by atoms with E-state index in [1.165, 1.54) is 25.7 Å². The molecule has 4 rings (SSSR count). The molecule has 156 valence electrons. The van der Waals surface area contributed by atoms with Crippen LogP contribution in [0.1, 0.15) is 68.8 Å². The number of hydrogen-bond acceptors (Lipinski definition) is 6. The van der Waals surface area contributed by atoms with E-state index in [2.05, 4.69) is 15.0 Å². The fourth-order valence-corrected chi connectivity index (χ4v) is 4.63. The van der Waals surface area contributed by atoms with Gasteiger partial charge in [0.25, 0.3) is 0 Å². The Kier molecular flexibility index (Phi) is 5.83. The maximum absolute atomic E-state index is 13.2. The molecule has 0 radical (unpaired) electrons. The van der Waals surface area contributed by atoms with E-state index in [1.54, 1.807) is 0 Å². The standard InChI is InChI=1S/C22H31N5O2/c1-15-12-19(29-25-15)17-14-23-22(26(2)3)24-21(17)18-10-6-7-11-27(18)20(28)13-16-8-4-5-9-16/h12,14,16,18H,4-11,13H2,1-3H3/t18-/m1/s1. The number of carbonyl (C=O) groups is 1. The molecule has 7 nitrogen and oxygen atoms in total. The summed E-state index contributed by atoms with van der Waals surface area (Å²) in [5, 5.41) is 4.04. The molecule has 7 heteroatoms. The molecule has 1 atom stereocenters. The van der Waals surface area contributed by atoms with Crippen LogP contribution in [-0.4, -0.2) is 46.6 Å². The summed E-state index contributed by atoms with van der Waals surface area (Å²) in [4.78, 5) is 26.6. The number of amides is 1. The molecule has 3 heterocycles. The van der Waals surface area contributed by atoms with Crippen molar-refractivity contribution in [2.24, 2.45) is 5.92 Å². The fraction of sp³-hybridized carbons (Fsp3) is 0.636. The Morgan fingerprint density at radius 3 is 2.66 bits per heavy atom. The second-order valence-electron chi connectivity index (χ2n) is 8.65. The number of carbonyl (C=O) groups excluding carboxylic acids is 1. The highest BCUT2D eigenvalue weighted by molar-refractivity contribution is 5.77. The molecule has 2 fully saturated rings. The average Bonchev–Trinajstić information content (AvgIpc) is 3.39. The van der Waals surface area contributed by atoms with Crippen molar-refractivity contribution in [3.8, 4) is 11.3 Å². The van der Waals surface area contributed by atoms with Crippen LogP contribution in [0.4, 0.5) is 5.95 Å². The van der Waals surface area contributed by atoms with Crippen molar-refractivity contribution in [2.45, 2.75) is 64.3 Å². The van der Waals surface area contributed by atoms with Gasteiger partial charge in [-0.3, -0.25) is 4.79 Å². The van der Waals surface area contributed by atoms with Crippen LogP contribution < -0.4 is 4.90 Å². The van der Waals surface area contributed by atoms with Gasteiger partial charge in [-0.1, -0.05) is 18.0 Å². The van der Waals surface area contributed by atoms with E-state index in [1.807, 2.05) is 38.2 Å². The normalized spacial score (nSPS) is 20.2. The van der Waals surface area contributed by atoms with E-state index in [-0.39, 0.29) is 11.9 Å². The number of likely N-dealkylation sites (tertiary alicyclic amines) is 1. The minimum absolute atomic E-state index is 0.0419. The van der Waals surface area contributed by atoms with Gasteiger partial charge in [-0.25, -0.2) is 9.97 Å². The summed E-state index contributed by atoms with van der Waals surface area (Å²) >= 11 is 0. The van der Waals surface area contributed by atoms with Crippen molar-refractivity contribution in [3.63, 3.8) is 0 Å². The largest absolute Gasteiger partial charge is 0.356 e. The predicted molar refractivity (Wildman–Crippen MR) is 111 cm³/mol. The number of piperidine rings is 1. The zero-order chi connectivity index (χ0) is 20.4. The Bertz CT molecular complexity index is 857. The maximum atomic E-state index is 13.2. The van der Waals surface area contributed by atoms with E-state index in [0.29, 0.717) is 24.0 Å². The molecule has 1 saturated carbocycles. The molecule has 2 aromatic rings. The van der Waals surface area contributed by atoms with Gasteiger partial charge in [0.15, 0.2) is 5.76 Å². The van der Waals surface area contributed by atoms with E-state index >= 15 is 0 Å². The van der Waals surface area contributed by atoms with Gasteiger partial charge in [-0.05, 0) is 44.9 Å². The lowest BCUT2D eigenvalue weighted by Crippen LogP contribution is -2.40. The Morgan fingerprint density at radius 2 is 1.97 bits per heavy atom. The van der Waals surface area contributed by atoms with Crippen LogP contribution >= 0.6 is 0 Å². The molecular weight excluding hydrogens is 366 g/mol. The number of nitrogens with zero attached hydrogens (tertiary/aromatic N) is 5.